The standard InChI is InChI=1S/C17H23N3O/c1-5-9-13-14(17(2,3)4)15(20-16(18)19-13)21-12-10-7-6-8-11-12/h6-8,10-11H,5,9H2,1-4H3,(H2,18,19,20). The van der Waals surface area contributed by atoms with Crippen LogP contribution >= 0.6 is 0 Å². The lowest BCUT2D eigenvalue weighted by Crippen LogP contribution is -2.19. The predicted octanol–water partition coefficient (Wildman–Crippen LogP) is 4.10. The molecule has 1 heterocycles. The molecule has 0 fully saturated rings. The molecule has 4 nitrogen and oxygen atoms in total. The summed E-state index contributed by atoms with van der Waals surface area (Å²) in [6.07, 6.45) is 1.87. The number of benzene rings is 1. The van der Waals surface area contributed by atoms with Gasteiger partial charge in [0.15, 0.2) is 0 Å². The number of anilines is 1. The zero-order valence-electron chi connectivity index (χ0n) is 13.2. The maximum absolute atomic E-state index is 5.97. The minimum absolute atomic E-state index is 0.109. The van der Waals surface area contributed by atoms with Gasteiger partial charge in [0.2, 0.25) is 11.8 Å². The molecule has 2 aromatic rings. The molecule has 1 aromatic carbocycles. The van der Waals surface area contributed by atoms with Crippen LogP contribution in [0.15, 0.2) is 30.3 Å². The molecule has 0 aliphatic heterocycles. The van der Waals surface area contributed by atoms with Crippen molar-refractivity contribution in [2.45, 2.75) is 46.0 Å². The van der Waals surface area contributed by atoms with Gasteiger partial charge in [0, 0.05) is 5.56 Å². The molecule has 0 atom stereocenters. The third kappa shape index (κ3) is 3.72. The second-order valence-corrected chi connectivity index (χ2v) is 6.12. The van der Waals surface area contributed by atoms with Gasteiger partial charge in [-0.25, -0.2) is 4.98 Å². The number of rotatable bonds is 4. The molecular weight excluding hydrogens is 262 g/mol. The Bertz CT molecular complexity index is 603. The van der Waals surface area contributed by atoms with Crippen molar-refractivity contribution in [1.29, 1.82) is 0 Å². The Balaban J connectivity index is 2.52. The topological polar surface area (TPSA) is 61.0 Å². The molecular formula is C17H23N3O. The number of para-hydroxylation sites is 1. The molecule has 0 aliphatic rings. The Morgan fingerprint density at radius 2 is 1.76 bits per heavy atom. The third-order valence-electron chi connectivity index (χ3n) is 3.16. The predicted molar refractivity (Wildman–Crippen MR) is 85.7 cm³/mol. The van der Waals surface area contributed by atoms with E-state index in [2.05, 4.69) is 37.7 Å². The molecule has 0 amide bonds. The van der Waals surface area contributed by atoms with Crippen molar-refractivity contribution in [3.05, 3.63) is 41.6 Å². The summed E-state index contributed by atoms with van der Waals surface area (Å²) >= 11 is 0. The Labute approximate surface area is 126 Å². The van der Waals surface area contributed by atoms with Crippen molar-refractivity contribution in [3.63, 3.8) is 0 Å². The third-order valence-corrected chi connectivity index (χ3v) is 3.16. The van der Waals surface area contributed by atoms with Crippen molar-refractivity contribution in [2.24, 2.45) is 0 Å². The van der Waals surface area contributed by atoms with Crippen molar-refractivity contribution >= 4 is 5.95 Å². The Hall–Kier alpha value is -2.10. The van der Waals surface area contributed by atoms with Crippen LogP contribution in [0.4, 0.5) is 5.95 Å². The van der Waals surface area contributed by atoms with Crippen LogP contribution < -0.4 is 10.5 Å². The van der Waals surface area contributed by atoms with Gasteiger partial charge in [0.25, 0.3) is 0 Å². The van der Waals surface area contributed by atoms with Crippen molar-refractivity contribution in [2.75, 3.05) is 5.73 Å². The van der Waals surface area contributed by atoms with Crippen LogP contribution in [0.2, 0.25) is 0 Å². The van der Waals surface area contributed by atoms with E-state index in [1.54, 1.807) is 0 Å². The highest BCUT2D eigenvalue weighted by Crippen LogP contribution is 2.35. The monoisotopic (exact) mass is 285 g/mol. The van der Waals surface area contributed by atoms with E-state index in [-0.39, 0.29) is 11.4 Å². The number of aromatic nitrogens is 2. The van der Waals surface area contributed by atoms with E-state index < -0.39 is 0 Å². The lowest BCUT2D eigenvalue weighted by atomic mass is 9.85. The SMILES string of the molecule is CCCc1nc(N)nc(Oc2ccccc2)c1C(C)(C)C. The molecule has 1 aromatic heterocycles. The van der Waals surface area contributed by atoms with Crippen molar-refractivity contribution < 1.29 is 4.74 Å². The Kier molecular flexibility index (Phi) is 4.46. The molecule has 4 heteroatoms. The number of nitrogens with zero attached hydrogens (tertiary/aromatic N) is 2. The first-order valence-electron chi connectivity index (χ1n) is 7.31. The van der Waals surface area contributed by atoms with Crippen LogP contribution in [0.25, 0.3) is 0 Å². The van der Waals surface area contributed by atoms with E-state index in [9.17, 15) is 0 Å². The molecule has 112 valence electrons. The van der Waals surface area contributed by atoms with Crippen LogP contribution in [0.1, 0.15) is 45.4 Å². The quantitative estimate of drug-likeness (QED) is 0.918. The highest BCUT2D eigenvalue weighted by molar-refractivity contribution is 5.43. The molecule has 2 N–H and O–H groups in total. The summed E-state index contributed by atoms with van der Waals surface area (Å²) in [6, 6.07) is 9.63. The molecule has 0 unspecified atom stereocenters. The molecule has 2 rings (SSSR count). The van der Waals surface area contributed by atoms with Gasteiger partial charge in [0.1, 0.15) is 5.75 Å². The number of aryl methyl sites for hydroxylation is 1. The number of hydrogen-bond donors (Lipinski definition) is 1. The minimum Gasteiger partial charge on any atom is -0.439 e. The minimum atomic E-state index is -0.109. The summed E-state index contributed by atoms with van der Waals surface area (Å²) in [7, 11) is 0. The molecule has 0 bridgehead atoms. The molecule has 0 spiro atoms. The average Bonchev–Trinajstić information content (AvgIpc) is 2.38. The first-order chi connectivity index (χ1) is 9.91. The number of hydrogen-bond acceptors (Lipinski definition) is 4. The van der Waals surface area contributed by atoms with Gasteiger partial charge in [-0.1, -0.05) is 52.3 Å². The molecule has 21 heavy (non-hydrogen) atoms. The van der Waals surface area contributed by atoms with Gasteiger partial charge in [0.05, 0.1) is 5.69 Å². The molecule has 0 aliphatic carbocycles. The van der Waals surface area contributed by atoms with Gasteiger partial charge in [-0.15, -0.1) is 0 Å². The summed E-state index contributed by atoms with van der Waals surface area (Å²) < 4.78 is 5.97. The second kappa shape index (κ2) is 6.12. The summed E-state index contributed by atoms with van der Waals surface area (Å²) in [6.45, 7) is 8.54. The Morgan fingerprint density at radius 3 is 2.33 bits per heavy atom. The fraction of sp³-hybridized carbons (Fsp3) is 0.412. The van der Waals surface area contributed by atoms with Gasteiger partial charge >= 0.3 is 0 Å². The average molecular weight is 285 g/mol. The van der Waals surface area contributed by atoms with Gasteiger partial charge in [-0.2, -0.15) is 4.98 Å². The van der Waals surface area contributed by atoms with Crippen LogP contribution in [0, 0.1) is 0 Å². The van der Waals surface area contributed by atoms with E-state index in [0.29, 0.717) is 5.88 Å². The molecule has 0 saturated carbocycles. The fourth-order valence-electron chi connectivity index (χ4n) is 2.35. The first kappa shape index (κ1) is 15.3. The van der Waals surface area contributed by atoms with Crippen LogP contribution in [0.5, 0.6) is 11.6 Å². The van der Waals surface area contributed by atoms with E-state index in [4.69, 9.17) is 10.5 Å². The largest absolute Gasteiger partial charge is 0.439 e. The summed E-state index contributed by atoms with van der Waals surface area (Å²) in [5.74, 6) is 1.57. The van der Waals surface area contributed by atoms with E-state index in [1.165, 1.54) is 0 Å². The first-order valence-corrected chi connectivity index (χ1v) is 7.31. The number of ether oxygens (including phenoxy) is 1. The number of nitrogens with two attached hydrogens (primary N) is 1. The maximum atomic E-state index is 5.97. The maximum Gasteiger partial charge on any atom is 0.228 e. The Morgan fingerprint density at radius 1 is 1.10 bits per heavy atom. The smallest absolute Gasteiger partial charge is 0.228 e. The highest BCUT2D eigenvalue weighted by Gasteiger charge is 2.26. The normalized spacial score (nSPS) is 11.4. The van der Waals surface area contributed by atoms with Crippen LogP contribution in [-0.4, -0.2) is 9.97 Å². The number of nitrogen functional groups attached to an aromatic ring is 1. The molecule has 0 radical (unpaired) electrons. The summed E-state index contributed by atoms with van der Waals surface area (Å²) in [4.78, 5) is 8.74. The lowest BCUT2D eigenvalue weighted by molar-refractivity contribution is 0.432. The van der Waals surface area contributed by atoms with E-state index in [0.717, 1.165) is 29.8 Å². The van der Waals surface area contributed by atoms with Crippen molar-refractivity contribution in [3.8, 4) is 11.6 Å². The summed E-state index contributed by atoms with van der Waals surface area (Å²) in [5, 5.41) is 0. The van der Waals surface area contributed by atoms with Crippen LogP contribution in [-0.2, 0) is 11.8 Å². The van der Waals surface area contributed by atoms with Crippen LogP contribution in [0.3, 0.4) is 0 Å². The van der Waals surface area contributed by atoms with Gasteiger partial charge < -0.3 is 10.5 Å². The molecule has 0 saturated heterocycles. The zero-order chi connectivity index (χ0) is 15.5. The fourth-order valence-corrected chi connectivity index (χ4v) is 2.35. The van der Waals surface area contributed by atoms with Gasteiger partial charge in [-0.05, 0) is 24.0 Å². The lowest BCUT2D eigenvalue weighted by Gasteiger charge is -2.24. The summed E-state index contributed by atoms with van der Waals surface area (Å²) in [5.41, 5.74) is 7.75. The van der Waals surface area contributed by atoms with Gasteiger partial charge in [-0.3, -0.25) is 0 Å². The van der Waals surface area contributed by atoms with E-state index in [1.807, 2.05) is 30.3 Å². The second-order valence-electron chi connectivity index (χ2n) is 6.12. The zero-order valence-corrected chi connectivity index (χ0v) is 13.2. The highest BCUT2D eigenvalue weighted by atomic mass is 16.5. The van der Waals surface area contributed by atoms with Crippen molar-refractivity contribution in [1.82, 2.24) is 9.97 Å². The van der Waals surface area contributed by atoms with E-state index >= 15 is 0 Å².